The summed E-state index contributed by atoms with van der Waals surface area (Å²) in [6, 6.07) is 25.2. The van der Waals surface area contributed by atoms with Crippen molar-refractivity contribution in [2.75, 3.05) is 66.0 Å². The molecule has 13 nitrogen and oxygen atoms in total. The second-order valence-electron chi connectivity index (χ2n) is 14.1. The van der Waals surface area contributed by atoms with Gasteiger partial charge in [-0.05, 0) is 80.6 Å². The SMILES string of the molecule is CC(C)N1C(=O)N(c2ccc(N3CCN(c4ccc(OC[C@H]5OC[C@](Cn6cncn6)(c6ccc(F)cc6F)O5)cc4)CC3)cc2)CC1Nc1ccccn1. The monoisotopic (exact) mass is 751 g/mol. The molecule has 3 aromatic carbocycles. The third-order valence-electron chi connectivity index (χ3n) is 10.2. The molecule has 0 spiro atoms. The molecular formula is C40H43F2N9O4. The van der Waals surface area contributed by atoms with Crippen LogP contribution in [-0.2, 0) is 21.6 Å². The number of ether oxygens (including phenoxy) is 3. The summed E-state index contributed by atoms with van der Waals surface area (Å²) in [6.45, 7) is 8.17. The number of aromatic nitrogens is 4. The molecule has 5 heterocycles. The zero-order valence-electron chi connectivity index (χ0n) is 30.7. The Morgan fingerprint density at radius 1 is 0.927 bits per heavy atom. The molecule has 3 aliphatic heterocycles. The van der Waals surface area contributed by atoms with Crippen molar-refractivity contribution in [1.82, 2.24) is 24.6 Å². The van der Waals surface area contributed by atoms with Gasteiger partial charge in [-0.1, -0.05) is 12.1 Å². The number of pyridine rings is 1. The van der Waals surface area contributed by atoms with Gasteiger partial charge in [0.15, 0.2) is 6.29 Å². The van der Waals surface area contributed by atoms with Crippen LogP contribution in [-0.4, -0.2) is 95.1 Å². The molecule has 3 aliphatic rings. The van der Waals surface area contributed by atoms with Crippen LogP contribution in [0, 0.1) is 11.6 Å². The van der Waals surface area contributed by atoms with Crippen LogP contribution >= 0.6 is 0 Å². The number of rotatable bonds is 12. The number of hydrogen-bond donors (Lipinski definition) is 1. The van der Waals surface area contributed by atoms with Gasteiger partial charge in [-0.3, -0.25) is 9.80 Å². The van der Waals surface area contributed by atoms with Crippen LogP contribution in [0.2, 0.25) is 0 Å². The number of amides is 2. The van der Waals surface area contributed by atoms with Crippen LogP contribution in [0.25, 0.3) is 0 Å². The zero-order chi connectivity index (χ0) is 37.9. The number of halogens is 2. The summed E-state index contributed by atoms with van der Waals surface area (Å²) in [5, 5.41) is 7.56. The van der Waals surface area contributed by atoms with Gasteiger partial charge in [-0.25, -0.2) is 28.2 Å². The lowest BCUT2D eigenvalue weighted by atomic mass is 9.94. The fraction of sp³-hybridized carbons (Fsp3) is 0.350. The third-order valence-corrected chi connectivity index (χ3v) is 10.2. The molecule has 0 aliphatic carbocycles. The first-order valence-electron chi connectivity index (χ1n) is 18.4. The Bertz CT molecular complexity index is 2050. The minimum absolute atomic E-state index is 0.0265. The van der Waals surface area contributed by atoms with Crippen molar-refractivity contribution in [2.24, 2.45) is 0 Å². The molecule has 286 valence electrons. The van der Waals surface area contributed by atoms with E-state index in [2.05, 4.69) is 42.3 Å². The summed E-state index contributed by atoms with van der Waals surface area (Å²) < 4.78 is 48.4. The van der Waals surface area contributed by atoms with E-state index in [0.29, 0.717) is 12.3 Å². The molecule has 2 amide bonds. The predicted molar refractivity (Wildman–Crippen MR) is 203 cm³/mol. The van der Waals surface area contributed by atoms with E-state index in [1.54, 1.807) is 6.20 Å². The van der Waals surface area contributed by atoms with Gasteiger partial charge in [0.25, 0.3) is 0 Å². The maximum absolute atomic E-state index is 15.0. The van der Waals surface area contributed by atoms with Crippen molar-refractivity contribution < 1.29 is 27.8 Å². The highest BCUT2D eigenvalue weighted by Crippen LogP contribution is 2.37. The van der Waals surface area contributed by atoms with E-state index in [9.17, 15) is 13.6 Å². The summed E-state index contributed by atoms with van der Waals surface area (Å²) in [6.07, 6.45) is 3.65. The van der Waals surface area contributed by atoms with Crippen molar-refractivity contribution in [3.63, 3.8) is 0 Å². The molecule has 1 unspecified atom stereocenters. The van der Waals surface area contributed by atoms with Crippen LogP contribution in [0.4, 0.5) is 36.5 Å². The predicted octanol–water partition coefficient (Wildman–Crippen LogP) is 5.71. The van der Waals surface area contributed by atoms with Crippen molar-refractivity contribution in [3.8, 4) is 5.75 Å². The Balaban J connectivity index is 0.836. The minimum atomic E-state index is -1.24. The Kier molecular flexibility index (Phi) is 10.2. The largest absolute Gasteiger partial charge is 0.488 e. The summed E-state index contributed by atoms with van der Waals surface area (Å²) in [5.74, 6) is -0.0172. The number of urea groups is 1. The topological polar surface area (TPSA) is 113 Å². The first kappa shape index (κ1) is 36.2. The summed E-state index contributed by atoms with van der Waals surface area (Å²) >= 11 is 0. The maximum atomic E-state index is 15.0. The molecule has 0 saturated carbocycles. The molecule has 1 N–H and O–H groups in total. The van der Waals surface area contributed by atoms with Gasteiger partial charge in [0, 0.05) is 67.1 Å². The van der Waals surface area contributed by atoms with Gasteiger partial charge in [-0.15, -0.1) is 0 Å². The second-order valence-corrected chi connectivity index (χ2v) is 14.1. The highest BCUT2D eigenvalue weighted by Gasteiger charge is 2.46. The first-order chi connectivity index (χ1) is 26.7. The summed E-state index contributed by atoms with van der Waals surface area (Å²) in [5.41, 5.74) is 2.01. The number of hydrogen-bond acceptors (Lipinski definition) is 10. The Labute approximate surface area is 318 Å². The smallest absolute Gasteiger partial charge is 0.326 e. The average molecular weight is 752 g/mol. The highest BCUT2D eigenvalue weighted by molar-refractivity contribution is 5.95. The lowest BCUT2D eigenvalue weighted by Crippen LogP contribution is -2.46. The molecule has 8 rings (SSSR count). The lowest BCUT2D eigenvalue weighted by molar-refractivity contribution is -0.117. The molecule has 3 atom stereocenters. The van der Waals surface area contributed by atoms with E-state index in [1.165, 1.54) is 29.5 Å². The molecule has 15 heteroatoms. The second kappa shape index (κ2) is 15.5. The van der Waals surface area contributed by atoms with E-state index in [4.69, 9.17) is 14.2 Å². The number of carbonyl (C=O) groups excluding carboxylic acids is 1. The van der Waals surface area contributed by atoms with Crippen LogP contribution in [0.3, 0.4) is 0 Å². The van der Waals surface area contributed by atoms with E-state index in [-0.39, 0.29) is 43.6 Å². The van der Waals surface area contributed by atoms with E-state index < -0.39 is 23.5 Å². The first-order valence-corrected chi connectivity index (χ1v) is 18.4. The molecule has 55 heavy (non-hydrogen) atoms. The third kappa shape index (κ3) is 7.75. The molecule has 3 fully saturated rings. The Hall–Kier alpha value is -5.80. The van der Waals surface area contributed by atoms with Gasteiger partial charge < -0.3 is 29.3 Å². The molecule has 3 saturated heterocycles. The van der Waals surface area contributed by atoms with Gasteiger partial charge >= 0.3 is 6.03 Å². The molecular weight excluding hydrogens is 708 g/mol. The van der Waals surface area contributed by atoms with Crippen LogP contribution in [0.5, 0.6) is 5.75 Å². The normalized spacial score (nSPS) is 21.5. The Morgan fingerprint density at radius 3 is 2.27 bits per heavy atom. The average Bonchev–Trinajstić information content (AvgIpc) is 3.94. The van der Waals surface area contributed by atoms with Crippen molar-refractivity contribution >= 4 is 28.9 Å². The van der Waals surface area contributed by atoms with Crippen LogP contribution in [0.15, 0.2) is 104 Å². The number of nitrogens with one attached hydrogen (secondary N) is 1. The van der Waals surface area contributed by atoms with Gasteiger partial charge in [0.1, 0.15) is 54.2 Å². The fourth-order valence-corrected chi connectivity index (χ4v) is 7.50. The minimum Gasteiger partial charge on any atom is -0.488 e. The van der Waals surface area contributed by atoms with E-state index in [1.807, 2.05) is 78.2 Å². The molecule has 5 aromatic rings. The molecule has 0 radical (unpaired) electrons. The molecule has 0 bridgehead atoms. The number of piperazine rings is 1. The molecule has 2 aromatic heterocycles. The van der Waals surface area contributed by atoms with Crippen LogP contribution in [0.1, 0.15) is 19.4 Å². The lowest BCUT2D eigenvalue weighted by Gasteiger charge is -2.37. The van der Waals surface area contributed by atoms with Crippen molar-refractivity contribution in [1.29, 1.82) is 0 Å². The van der Waals surface area contributed by atoms with E-state index in [0.717, 1.165) is 55.1 Å². The van der Waals surface area contributed by atoms with Gasteiger partial charge in [-0.2, -0.15) is 5.10 Å². The van der Waals surface area contributed by atoms with E-state index >= 15 is 0 Å². The fourth-order valence-electron chi connectivity index (χ4n) is 7.50. The number of nitrogens with zero attached hydrogens (tertiary/aromatic N) is 8. The van der Waals surface area contributed by atoms with Gasteiger partial charge in [0.2, 0.25) is 0 Å². The van der Waals surface area contributed by atoms with Crippen molar-refractivity contribution in [2.45, 2.75) is 44.5 Å². The number of benzene rings is 3. The van der Waals surface area contributed by atoms with Crippen molar-refractivity contribution in [3.05, 3.63) is 121 Å². The standard InChI is InChI=1S/C40H43F2N9O4/c1-28(2)51-37(46-36-5-3-4-16-44-36)22-50(39(51)52)32-9-7-30(8-10-32)47-17-19-48(20-18-47)31-11-13-33(14-12-31)53-23-38-54-25-40(55-38,24-49-27-43-26-45-49)34-15-6-29(41)21-35(34)42/h3-16,21,26-28,37-38H,17-20,22-25H2,1-2H3,(H,44,46)/t37?,38-,40+/m0/s1. The quantitative estimate of drug-likeness (QED) is 0.170. The zero-order valence-corrected chi connectivity index (χ0v) is 30.7. The number of carbonyl (C=O) groups is 1. The van der Waals surface area contributed by atoms with Gasteiger partial charge in [0.05, 0.1) is 19.7 Å². The van der Waals surface area contributed by atoms with Crippen LogP contribution < -0.4 is 24.8 Å². The number of anilines is 4. The highest BCUT2D eigenvalue weighted by atomic mass is 19.1. The summed E-state index contributed by atoms with van der Waals surface area (Å²) in [4.78, 5) is 30.2. The maximum Gasteiger partial charge on any atom is 0.326 e. The Morgan fingerprint density at radius 2 is 1.64 bits per heavy atom. The summed E-state index contributed by atoms with van der Waals surface area (Å²) in [7, 11) is 0.